The minimum absolute atomic E-state index is 0.918. The predicted octanol–water partition coefficient (Wildman–Crippen LogP) is 3.36. The molecule has 0 saturated carbocycles. The average molecular weight is 178 g/mol. The predicted molar refractivity (Wildman–Crippen MR) is 54.1 cm³/mol. The van der Waals surface area contributed by atoms with E-state index < -0.39 is 0 Å². The second-order valence-electron chi connectivity index (χ2n) is 4.07. The van der Waals surface area contributed by atoms with Crippen molar-refractivity contribution in [3.8, 4) is 0 Å². The molecule has 0 aromatic carbocycles. The lowest BCUT2D eigenvalue weighted by Crippen LogP contribution is -2.11. The summed E-state index contributed by atoms with van der Waals surface area (Å²) in [4.78, 5) is 1.76. The number of hydrogen-bond donors (Lipinski definition) is 0. The summed E-state index contributed by atoms with van der Waals surface area (Å²) in [5.41, 5.74) is 1.72. The third-order valence-corrected chi connectivity index (χ3v) is 4.72. The Labute approximate surface area is 78.1 Å². The van der Waals surface area contributed by atoms with E-state index in [1.54, 1.807) is 10.5 Å². The summed E-state index contributed by atoms with van der Waals surface area (Å²) in [7, 11) is 0. The third-order valence-electron chi connectivity index (χ3n) is 3.40. The standard InChI is InChI=1S/C11H14S/c1-2-8-4-5-9-6-7-12-11(9)10(8)3-1/h1,3,8-9H,2,4-7H2. The molecular formula is C11H14S. The maximum atomic E-state index is 2.39. The molecule has 3 rings (SSSR count). The molecule has 64 valence electrons. The van der Waals surface area contributed by atoms with Gasteiger partial charge in [-0.05, 0) is 53.8 Å². The zero-order chi connectivity index (χ0) is 7.97. The summed E-state index contributed by atoms with van der Waals surface area (Å²) in [6.07, 6.45) is 10.5. The summed E-state index contributed by atoms with van der Waals surface area (Å²) >= 11 is 2.13. The van der Waals surface area contributed by atoms with Crippen molar-refractivity contribution in [3.05, 3.63) is 22.6 Å². The molecule has 2 unspecified atom stereocenters. The van der Waals surface area contributed by atoms with Gasteiger partial charge in [0, 0.05) is 0 Å². The van der Waals surface area contributed by atoms with Gasteiger partial charge in [0.25, 0.3) is 0 Å². The van der Waals surface area contributed by atoms with Crippen molar-refractivity contribution in [2.45, 2.75) is 25.7 Å². The highest BCUT2D eigenvalue weighted by atomic mass is 32.2. The van der Waals surface area contributed by atoms with Crippen LogP contribution in [-0.2, 0) is 0 Å². The van der Waals surface area contributed by atoms with E-state index in [4.69, 9.17) is 0 Å². The molecule has 1 heterocycles. The van der Waals surface area contributed by atoms with Crippen LogP contribution in [-0.4, -0.2) is 5.75 Å². The number of allylic oxidation sites excluding steroid dienone is 4. The van der Waals surface area contributed by atoms with Crippen LogP contribution in [0, 0.1) is 11.8 Å². The molecule has 0 amide bonds. The molecule has 1 fully saturated rings. The zero-order valence-corrected chi connectivity index (χ0v) is 8.07. The van der Waals surface area contributed by atoms with Crippen LogP contribution < -0.4 is 0 Å². The SMILES string of the molecule is C1=CC2=C3SCCC3CCC2C1. The van der Waals surface area contributed by atoms with Crippen molar-refractivity contribution < 1.29 is 0 Å². The van der Waals surface area contributed by atoms with E-state index in [9.17, 15) is 0 Å². The first kappa shape index (κ1) is 7.25. The first-order valence-corrected chi connectivity index (χ1v) is 5.97. The lowest BCUT2D eigenvalue weighted by molar-refractivity contribution is 0.448. The van der Waals surface area contributed by atoms with Gasteiger partial charge in [0.1, 0.15) is 0 Å². The van der Waals surface area contributed by atoms with Crippen LogP contribution in [0.4, 0.5) is 0 Å². The lowest BCUT2D eigenvalue weighted by atomic mass is 9.82. The summed E-state index contributed by atoms with van der Waals surface area (Å²) in [5, 5.41) is 0. The molecule has 0 N–H and O–H groups in total. The van der Waals surface area contributed by atoms with Crippen LogP contribution in [0.25, 0.3) is 0 Å². The highest BCUT2D eigenvalue weighted by Crippen LogP contribution is 2.50. The molecule has 3 aliphatic rings. The molecule has 0 aromatic heterocycles. The van der Waals surface area contributed by atoms with E-state index in [1.807, 2.05) is 0 Å². The van der Waals surface area contributed by atoms with Crippen LogP contribution in [0.5, 0.6) is 0 Å². The van der Waals surface area contributed by atoms with Crippen molar-refractivity contribution in [2.24, 2.45) is 11.8 Å². The van der Waals surface area contributed by atoms with Crippen molar-refractivity contribution in [2.75, 3.05) is 5.75 Å². The molecule has 0 radical (unpaired) electrons. The Bertz CT molecular complexity index is 262. The molecular weight excluding hydrogens is 164 g/mol. The van der Waals surface area contributed by atoms with E-state index in [0.717, 1.165) is 11.8 Å². The fourth-order valence-corrected chi connectivity index (χ4v) is 4.23. The third kappa shape index (κ3) is 0.922. The number of fused-ring (bicyclic) bond motifs is 2. The van der Waals surface area contributed by atoms with Gasteiger partial charge in [-0.2, -0.15) is 0 Å². The second-order valence-corrected chi connectivity index (χ2v) is 5.20. The van der Waals surface area contributed by atoms with E-state index in [1.165, 1.54) is 31.4 Å². The van der Waals surface area contributed by atoms with Gasteiger partial charge < -0.3 is 0 Å². The van der Waals surface area contributed by atoms with E-state index in [-0.39, 0.29) is 0 Å². The lowest BCUT2D eigenvalue weighted by Gasteiger charge is -2.25. The summed E-state index contributed by atoms with van der Waals surface area (Å²) < 4.78 is 0. The molecule has 2 aliphatic carbocycles. The molecule has 0 aromatic rings. The van der Waals surface area contributed by atoms with Gasteiger partial charge in [-0.25, -0.2) is 0 Å². The largest absolute Gasteiger partial charge is 0.130 e. The van der Waals surface area contributed by atoms with Gasteiger partial charge >= 0.3 is 0 Å². The number of rotatable bonds is 0. The quantitative estimate of drug-likeness (QED) is 0.548. The average Bonchev–Trinajstić information content (AvgIpc) is 2.71. The molecule has 1 saturated heterocycles. The summed E-state index contributed by atoms with van der Waals surface area (Å²) in [6.45, 7) is 0. The number of thioether (sulfide) groups is 1. The van der Waals surface area contributed by atoms with Crippen LogP contribution in [0.15, 0.2) is 22.6 Å². The van der Waals surface area contributed by atoms with Gasteiger partial charge in [0.2, 0.25) is 0 Å². The van der Waals surface area contributed by atoms with E-state index >= 15 is 0 Å². The summed E-state index contributed by atoms with van der Waals surface area (Å²) in [6, 6.07) is 0. The van der Waals surface area contributed by atoms with Gasteiger partial charge in [0.15, 0.2) is 0 Å². The van der Waals surface area contributed by atoms with E-state index in [2.05, 4.69) is 23.9 Å². The van der Waals surface area contributed by atoms with Gasteiger partial charge in [0.05, 0.1) is 0 Å². The second kappa shape index (κ2) is 2.66. The monoisotopic (exact) mass is 178 g/mol. The Morgan fingerprint density at radius 1 is 1.17 bits per heavy atom. The molecule has 1 aliphatic heterocycles. The molecule has 0 bridgehead atoms. The smallest absolute Gasteiger partial charge is 0.00170 e. The highest BCUT2D eigenvalue weighted by Gasteiger charge is 2.33. The summed E-state index contributed by atoms with van der Waals surface area (Å²) in [5.74, 6) is 3.26. The van der Waals surface area contributed by atoms with Crippen molar-refractivity contribution >= 4 is 11.8 Å². The van der Waals surface area contributed by atoms with Crippen LogP contribution in [0.3, 0.4) is 0 Å². The molecule has 1 heteroatoms. The topological polar surface area (TPSA) is 0 Å². The van der Waals surface area contributed by atoms with Crippen LogP contribution >= 0.6 is 11.8 Å². The Kier molecular flexibility index (Phi) is 1.61. The van der Waals surface area contributed by atoms with E-state index in [0.29, 0.717) is 0 Å². The molecule has 12 heavy (non-hydrogen) atoms. The maximum Gasteiger partial charge on any atom is -0.00170 e. The van der Waals surface area contributed by atoms with Crippen LogP contribution in [0.1, 0.15) is 25.7 Å². The fourth-order valence-electron chi connectivity index (χ4n) is 2.74. The fraction of sp³-hybridized carbons (Fsp3) is 0.636. The minimum Gasteiger partial charge on any atom is -0.130 e. The van der Waals surface area contributed by atoms with Crippen molar-refractivity contribution in [1.29, 1.82) is 0 Å². The molecule has 0 spiro atoms. The van der Waals surface area contributed by atoms with Gasteiger partial charge in [-0.3, -0.25) is 0 Å². The van der Waals surface area contributed by atoms with Crippen molar-refractivity contribution in [1.82, 2.24) is 0 Å². The van der Waals surface area contributed by atoms with Crippen molar-refractivity contribution in [3.63, 3.8) is 0 Å². The Morgan fingerprint density at radius 3 is 3.08 bits per heavy atom. The first-order valence-electron chi connectivity index (χ1n) is 4.98. The Balaban J connectivity index is 2.05. The minimum atomic E-state index is 0.918. The van der Waals surface area contributed by atoms with Gasteiger partial charge in [-0.15, -0.1) is 11.8 Å². The zero-order valence-electron chi connectivity index (χ0n) is 7.25. The Hall–Kier alpha value is -0.170. The Morgan fingerprint density at radius 2 is 2.08 bits per heavy atom. The maximum absolute atomic E-state index is 2.39. The van der Waals surface area contributed by atoms with Gasteiger partial charge in [-0.1, -0.05) is 12.2 Å². The normalized spacial score (nSPS) is 38.7. The molecule has 0 nitrogen and oxygen atoms in total. The molecule has 2 atom stereocenters. The first-order chi connectivity index (χ1) is 5.95. The highest BCUT2D eigenvalue weighted by molar-refractivity contribution is 8.03. The number of hydrogen-bond acceptors (Lipinski definition) is 1. The van der Waals surface area contributed by atoms with Crippen LogP contribution in [0.2, 0.25) is 0 Å².